The van der Waals surface area contributed by atoms with Crippen LogP contribution in [0.15, 0.2) is 169 Å². The van der Waals surface area contributed by atoms with Gasteiger partial charge in [0.15, 0.2) is 0 Å². The topological polar surface area (TPSA) is 17.8 Å². The zero-order valence-electron chi connectivity index (χ0n) is 30.1. The number of hydrogen-bond acceptors (Lipinski definition) is 1. The van der Waals surface area contributed by atoms with Gasteiger partial charge in [0.2, 0.25) is 0 Å². The van der Waals surface area contributed by atoms with Crippen LogP contribution in [0.5, 0.6) is 0 Å². The monoisotopic (exact) mass is 670 g/mol. The maximum absolute atomic E-state index is 5.31. The minimum Gasteiger partial charge on any atom is -0.292 e. The van der Waals surface area contributed by atoms with E-state index >= 15 is 0 Å². The van der Waals surface area contributed by atoms with E-state index in [1.54, 1.807) is 0 Å². The number of rotatable bonds is 4. The van der Waals surface area contributed by atoms with Crippen molar-refractivity contribution < 1.29 is 0 Å². The van der Waals surface area contributed by atoms with E-state index in [0.29, 0.717) is 11.8 Å². The van der Waals surface area contributed by atoms with Crippen LogP contribution >= 0.6 is 0 Å². The molecule has 0 fully saturated rings. The summed E-state index contributed by atoms with van der Waals surface area (Å²) < 4.78 is 2.32. The molecule has 4 atom stereocenters. The first-order valence-corrected chi connectivity index (χ1v) is 18.8. The van der Waals surface area contributed by atoms with Crippen LogP contribution in [-0.2, 0) is 0 Å². The molecule has 0 aliphatic heterocycles. The molecule has 4 unspecified atom stereocenters. The van der Waals surface area contributed by atoms with Crippen molar-refractivity contribution >= 4 is 28.3 Å². The van der Waals surface area contributed by atoms with Crippen molar-refractivity contribution in [3.8, 4) is 17.1 Å². The maximum atomic E-state index is 5.31. The second kappa shape index (κ2) is 11.6. The summed E-state index contributed by atoms with van der Waals surface area (Å²) in [7, 11) is 0. The van der Waals surface area contributed by atoms with Crippen LogP contribution in [-0.4, -0.2) is 9.55 Å². The quantitative estimate of drug-likeness (QED) is 0.186. The molecule has 5 aliphatic rings. The minimum absolute atomic E-state index is 0.0667. The summed E-state index contributed by atoms with van der Waals surface area (Å²) in [5.41, 5.74) is 13.6. The lowest BCUT2D eigenvalue weighted by Gasteiger charge is -2.43. The lowest BCUT2D eigenvalue weighted by molar-refractivity contribution is 0.448. The Labute approximate surface area is 306 Å². The summed E-state index contributed by atoms with van der Waals surface area (Å²) in [5.74, 6) is 1.84. The van der Waals surface area contributed by atoms with Gasteiger partial charge in [0, 0.05) is 28.0 Å². The predicted molar refractivity (Wildman–Crippen MR) is 217 cm³/mol. The van der Waals surface area contributed by atoms with Gasteiger partial charge in [-0.1, -0.05) is 148 Å². The van der Waals surface area contributed by atoms with Gasteiger partial charge in [0.1, 0.15) is 5.82 Å². The molecular weight excluding hydrogens is 629 g/mol. The highest BCUT2D eigenvalue weighted by Crippen LogP contribution is 2.53. The standard InChI is InChI=1S/C50H42N2/c1-33-14-13-15-34-30-35(23-26-40(33)34)46-42-31-36(48-51-44-20-7-8-21-45(44)52(48)39-17-5-4-6-18-39)24-27-41(42)47(50(3)29-12-10-19-43(46)50)37-22-25-38-16-9-11-28-49(38,2)32-37/h4-13,15-28,30-33,38H,14,29H2,1-3H3. The molecule has 1 heterocycles. The SMILES string of the molecule is CC1CC=Cc2cc(C3=c4cc(-c5nc6ccccc6n5-c5ccccc5)ccc4=C(C4=CC5(C)C=CC=CC5C=C4)C4(C)CC=CC=C34)ccc21. The van der Waals surface area contributed by atoms with Crippen molar-refractivity contribution in [3.05, 3.63) is 196 Å². The highest BCUT2D eigenvalue weighted by Gasteiger charge is 2.42. The molecule has 10 rings (SSSR count). The largest absolute Gasteiger partial charge is 0.292 e. The average Bonchev–Trinajstić information content (AvgIpc) is 3.56. The van der Waals surface area contributed by atoms with Crippen LogP contribution in [0.1, 0.15) is 56.2 Å². The third-order valence-corrected chi connectivity index (χ3v) is 12.3. The summed E-state index contributed by atoms with van der Waals surface area (Å²) in [6.07, 6.45) is 30.2. The summed E-state index contributed by atoms with van der Waals surface area (Å²) in [5, 5.41) is 2.58. The first-order valence-electron chi connectivity index (χ1n) is 18.8. The third kappa shape index (κ3) is 4.67. The van der Waals surface area contributed by atoms with Crippen molar-refractivity contribution in [2.45, 2.75) is 39.5 Å². The van der Waals surface area contributed by atoms with Crippen molar-refractivity contribution in [1.29, 1.82) is 0 Å². The average molecular weight is 671 g/mol. The van der Waals surface area contributed by atoms with E-state index in [4.69, 9.17) is 4.98 Å². The zero-order valence-corrected chi connectivity index (χ0v) is 30.1. The lowest BCUT2D eigenvalue weighted by atomic mass is 9.60. The first kappa shape index (κ1) is 31.0. The van der Waals surface area contributed by atoms with E-state index < -0.39 is 0 Å². The van der Waals surface area contributed by atoms with Gasteiger partial charge in [-0.2, -0.15) is 0 Å². The van der Waals surface area contributed by atoms with Crippen LogP contribution in [0.25, 0.3) is 45.3 Å². The molecule has 0 radical (unpaired) electrons. The van der Waals surface area contributed by atoms with E-state index in [1.807, 2.05) is 0 Å². The number of para-hydroxylation sites is 3. The van der Waals surface area contributed by atoms with Gasteiger partial charge in [0.05, 0.1) is 11.0 Å². The van der Waals surface area contributed by atoms with Gasteiger partial charge in [-0.3, -0.25) is 4.57 Å². The molecule has 5 aromatic rings. The number of allylic oxidation sites excluding steroid dienone is 13. The van der Waals surface area contributed by atoms with E-state index in [-0.39, 0.29) is 10.8 Å². The highest BCUT2D eigenvalue weighted by atomic mass is 15.1. The van der Waals surface area contributed by atoms with Gasteiger partial charge < -0.3 is 0 Å². The second-order valence-corrected chi connectivity index (χ2v) is 15.6. The molecule has 52 heavy (non-hydrogen) atoms. The molecular formula is C50H42N2. The van der Waals surface area contributed by atoms with Gasteiger partial charge in [-0.15, -0.1) is 0 Å². The Morgan fingerprint density at radius 1 is 0.769 bits per heavy atom. The van der Waals surface area contributed by atoms with Crippen molar-refractivity contribution in [2.24, 2.45) is 16.7 Å². The molecule has 0 N–H and O–H groups in total. The molecule has 2 nitrogen and oxygen atoms in total. The fourth-order valence-electron chi connectivity index (χ4n) is 9.53. The van der Waals surface area contributed by atoms with Gasteiger partial charge in [-0.05, 0) is 105 Å². The summed E-state index contributed by atoms with van der Waals surface area (Å²) in [6, 6.07) is 33.5. The van der Waals surface area contributed by atoms with E-state index in [2.05, 4.69) is 189 Å². The molecule has 0 saturated carbocycles. The Hall–Kier alpha value is -5.73. The van der Waals surface area contributed by atoms with E-state index in [1.165, 1.54) is 49.4 Å². The number of benzene rings is 4. The van der Waals surface area contributed by atoms with Gasteiger partial charge in [-0.25, -0.2) is 4.98 Å². The number of imidazole rings is 1. The molecule has 5 aliphatic carbocycles. The molecule has 2 heteroatoms. The van der Waals surface area contributed by atoms with Crippen LogP contribution in [0.4, 0.5) is 0 Å². The number of aromatic nitrogens is 2. The molecule has 252 valence electrons. The fraction of sp³-hybridized carbons (Fsp3) is 0.180. The van der Waals surface area contributed by atoms with Crippen LogP contribution in [0, 0.1) is 16.7 Å². The molecule has 4 aromatic carbocycles. The highest BCUT2D eigenvalue weighted by molar-refractivity contribution is 5.93. The van der Waals surface area contributed by atoms with Crippen molar-refractivity contribution in [2.75, 3.05) is 0 Å². The Balaban J connectivity index is 1.32. The molecule has 0 amide bonds. The van der Waals surface area contributed by atoms with Crippen molar-refractivity contribution in [1.82, 2.24) is 9.55 Å². The Morgan fingerprint density at radius 3 is 2.52 bits per heavy atom. The van der Waals surface area contributed by atoms with Crippen LogP contribution in [0.2, 0.25) is 0 Å². The normalized spacial score (nSPS) is 25.4. The minimum atomic E-state index is -0.206. The lowest BCUT2D eigenvalue weighted by Crippen LogP contribution is -2.43. The Kier molecular flexibility index (Phi) is 6.95. The molecule has 0 saturated heterocycles. The summed E-state index contributed by atoms with van der Waals surface area (Å²) in [4.78, 5) is 5.31. The second-order valence-electron chi connectivity index (χ2n) is 15.6. The molecule has 1 aromatic heterocycles. The first-order chi connectivity index (χ1) is 25.4. The zero-order chi connectivity index (χ0) is 35.0. The molecule has 0 spiro atoms. The summed E-state index contributed by atoms with van der Waals surface area (Å²) in [6.45, 7) is 7.20. The van der Waals surface area contributed by atoms with E-state index in [9.17, 15) is 0 Å². The third-order valence-electron chi connectivity index (χ3n) is 12.3. The predicted octanol–water partition coefficient (Wildman–Crippen LogP) is 10.7. The summed E-state index contributed by atoms with van der Waals surface area (Å²) >= 11 is 0. The smallest absolute Gasteiger partial charge is 0.145 e. The fourth-order valence-corrected chi connectivity index (χ4v) is 9.53. The van der Waals surface area contributed by atoms with Crippen LogP contribution < -0.4 is 10.4 Å². The van der Waals surface area contributed by atoms with Gasteiger partial charge >= 0.3 is 0 Å². The number of nitrogens with zero attached hydrogens (tertiary/aromatic N) is 2. The van der Waals surface area contributed by atoms with Gasteiger partial charge in [0.25, 0.3) is 0 Å². The van der Waals surface area contributed by atoms with E-state index in [0.717, 1.165) is 41.0 Å². The maximum Gasteiger partial charge on any atom is 0.145 e. The number of hydrogen-bond donors (Lipinski definition) is 0. The van der Waals surface area contributed by atoms with Crippen molar-refractivity contribution in [3.63, 3.8) is 0 Å². The molecule has 0 bridgehead atoms. The Morgan fingerprint density at radius 2 is 1.62 bits per heavy atom. The Bertz CT molecular complexity index is 2670. The number of fused-ring (bicyclic) bond motifs is 5. The van der Waals surface area contributed by atoms with Crippen LogP contribution in [0.3, 0.4) is 0 Å².